The average molecular weight is 233 g/mol. The Hall–Kier alpha value is -1.61. The number of aliphatic hydroxyl groups is 1. The van der Waals surface area contributed by atoms with Gasteiger partial charge in [0.25, 0.3) is 0 Å². The summed E-state index contributed by atoms with van der Waals surface area (Å²) in [6.45, 7) is 5.75. The van der Waals surface area contributed by atoms with Crippen LogP contribution >= 0.6 is 0 Å². The molecule has 0 fully saturated rings. The molecule has 0 radical (unpaired) electrons. The lowest BCUT2D eigenvalue weighted by Gasteiger charge is -2.08. The van der Waals surface area contributed by atoms with Gasteiger partial charge in [-0.1, -0.05) is 23.8 Å². The normalized spacial score (nSPS) is 12.7. The summed E-state index contributed by atoms with van der Waals surface area (Å²) in [7, 11) is 0. The van der Waals surface area contributed by atoms with Crippen LogP contribution in [-0.2, 0) is 4.79 Å². The number of amides is 1. The smallest absolute Gasteiger partial charge is 0.244 e. The minimum atomic E-state index is -0.216. The molecule has 1 aromatic carbocycles. The van der Waals surface area contributed by atoms with Gasteiger partial charge in [0.2, 0.25) is 5.91 Å². The van der Waals surface area contributed by atoms with E-state index in [-0.39, 0.29) is 18.6 Å². The third-order valence-electron chi connectivity index (χ3n) is 2.50. The Labute approximate surface area is 102 Å². The van der Waals surface area contributed by atoms with Crippen LogP contribution in [0.25, 0.3) is 6.08 Å². The third-order valence-corrected chi connectivity index (χ3v) is 2.50. The highest BCUT2D eigenvalue weighted by atomic mass is 16.3. The lowest BCUT2D eigenvalue weighted by atomic mass is 10.1. The summed E-state index contributed by atoms with van der Waals surface area (Å²) in [5.41, 5.74) is 3.38. The second-order valence-electron chi connectivity index (χ2n) is 4.29. The predicted octanol–water partition coefficient (Wildman–Crippen LogP) is 1.81. The van der Waals surface area contributed by atoms with E-state index in [2.05, 4.69) is 11.4 Å². The highest BCUT2D eigenvalue weighted by Gasteiger charge is 2.02. The molecule has 17 heavy (non-hydrogen) atoms. The van der Waals surface area contributed by atoms with Crippen LogP contribution in [0.15, 0.2) is 24.3 Å². The zero-order chi connectivity index (χ0) is 12.8. The summed E-state index contributed by atoms with van der Waals surface area (Å²) in [5, 5.41) is 11.5. The molecule has 2 N–H and O–H groups in total. The first-order valence-corrected chi connectivity index (χ1v) is 5.69. The number of carbonyl (C=O) groups is 1. The van der Waals surface area contributed by atoms with Crippen molar-refractivity contribution in [2.75, 3.05) is 6.61 Å². The molecule has 1 aromatic rings. The molecule has 0 bridgehead atoms. The molecule has 0 heterocycles. The number of aryl methyl sites for hydroxylation is 2. The molecule has 1 rings (SSSR count). The van der Waals surface area contributed by atoms with Gasteiger partial charge in [-0.05, 0) is 38.0 Å². The van der Waals surface area contributed by atoms with Gasteiger partial charge in [0.1, 0.15) is 0 Å². The fourth-order valence-electron chi connectivity index (χ4n) is 1.51. The van der Waals surface area contributed by atoms with Gasteiger partial charge in [-0.3, -0.25) is 4.79 Å². The average Bonchev–Trinajstić information content (AvgIpc) is 2.27. The van der Waals surface area contributed by atoms with Gasteiger partial charge in [-0.25, -0.2) is 0 Å². The van der Waals surface area contributed by atoms with Gasteiger partial charge in [-0.15, -0.1) is 0 Å². The maximum absolute atomic E-state index is 11.5. The number of carbonyl (C=O) groups excluding carboxylic acids is 1. The lowest BCUT2D eigenvalue weighted by molar-refractivity contribution is -0.117. The Morgan fingerprint density at radius 1 is 1.47 bits per heavy atom. The minimum Gasteiger partial charge on any atom is -0.394 e. The Morgan fingerprint density at radius 3 is 2.76 bits per heavy atom. The van der Waals surface area contributed by atoms with E-state index in [9.17, 15) is 4.79 Å². The number of hydrogen-bond acceptors (Lipinski definition) is 2. The molecule has 0 aliphatic carbocycles. The number of nitrogens with one attached hydrogen (secondary N) is 1. The van der Waals surface area contributed by atoms with E-state index in [0.29, 0.717) is 0 Å². The summed E-state index contributed by atoms with van der Waals surface area (Å²) < 4.78 is 0. The van der Waals surface area contributed by atoms with Crippen molar-refractivity contribution in [1.82, 2.24) is 5.32 Å². The van der Waals surface area contributed by atoms with Crippen LogP contribution in [0.3, 0.4) is 0 Å². The lowest BCUT2D eigenvalue weighted by Crippen LogP contribution is -2.33. The molecule has 1 atom stereocenters. The minimum absolute atomic E-state index is 0.0524. The summed E-state index contributed by atoms with van der Waals surface area (Å²) in [6.07, 6.45) is 3.28. The molecule has 0 saturated carbocycles. The van der Waals surface area contributed by atoms with Crippen molar-refractivity contribution < 1.29 is 9.90 Å². The monoisotopic (exact) mass is 233 g/mol. The molecule has 0 spiro atoms. The van der Waals surface area contributed by atoms with E-state index < -0.39 is 0 Å². The standard InChI is InChI=1S/C14H19NO2/c1-10-4-5-13(11(2)8-10)6-7-14(17)15-12(3)9-16/h4-8,12,16H,9H2,1-3H3,(H,15,17)/b7-6+. The summed E-state index contributed by atoms with van der Waals surface area (Å²) >= 11 is 0. The van der Waals surface area contributed by atoms with Crippen molar-refractivity contribution in [3.63, 3.8) is 0 Å². The van der Waals surface area contributed by atoms with E-state index >= 15 is 0 Å². The van der Waals surface area contributed by atoms with Crippen molar-refractivity contribution in [3.8, 4) is 0 Å². The first-order valence-electron chi connectivity index (χ1n) is 5.69. The molecule has 0 aliphatic rings. The van der Waals surface area contributed by atoms with Gasteiger partial charge < -0.3 is 10.4 Å². The molecular formula is C14H19NO2. The second-order valence-corrected chi connectivity index (χ2v) is 4.29. The number of aliphatic hydroxyl groups excluding tert-OH is 1. The third kappa shape index (κ3) is 4.41. The van der Waals surface area contributed by atoms with Gasteiger partial charge in [-0.2, -0.15) is 0 Å². The Morgan fingerprint density at radius 2 is 2.18 bits per heavy atom. The van der Waals surface area contributed by atoms with Crippen LogP contribution in [0, 0.1) is 13.8 Å². The Balaban J connectivity index is 2.67. The fourth-order valence-corrected chi connectivity index (χ4v) is 1.51. The Bertz CT molecular complexity index is 424. The first kappa shape index (κ1) is 13.5. The van der Waals surface area contributed by atoms with Crippen LogP contribution in [0.2, 0.25) is 0 Å². The van der Waals surface area contributed by atoms with Gasteiger partial charge in [0, 0.05) is 12.1 Å². The quantitative estimate of drug-likeness (QED) is 0.779. The molecule has 1 unspecified atom stereocenters. The van der Waals surface area contributed by atoms with Gasteiger partial charge in [0.15, 0.2) is 0 Å². The molecule has 0 aromatic heterocycles. The van der Waals surface area contributed by atoms with Crippen LogP contribution in [0.4, 0.5) is 0 Å². The van der Waals surface area contributed by atoms with E-state index in [4.69, 9.17) is 5.11 Å². The molecule has 3 nitrogen and oxygen atoms in total. The van der Waals surface area contributed by atoms with E-state index in [1.807, 2.05) is 26.0 Å². The first-order chi connectivity index (χ1) is 8.02. The largest absolute Gasteiger partial charge is 0.394 e. The number of benzene rings is 1. The number of rotatable bonds is 4. The fraction of sp³-hybridized carbons (Fsp3) is 0.357. The van der Waals surface area contributed by atoms with Crippen molar-refractivity contribution in [2.45, 2.75) is 26.8 Å². The molecule has 1 amide bonds. The zero-order valence-corrected chi connectivity index (χ0v) is 10.5. The van der Waals surface area contributed by atoms with Crippen LogP contribution < -0.4 is 5.32 Å². The summed E-state index contributed by atoms with van der Waals surface area (Å²) in [4.78, 5) is 11.5. The van der Waals surface area contributed by atoms with Gasteiger partial charge >= 0.3 is 0 Å². The van der Waals surface area contributed by atoms with Crippen LogP contribution in [0.1, 0.15) is 23.6 Å². The molecule has 0 saturated heterocycles. The molecule has 0 aliphatic heterocycles. The molecule has 3 heteroatoms. The van der Waals surface area contributed by atoms with Crippen LogP contribution in [0.5, 0.6) is 0 Å². The summed E-state index contributed by atoms with van der Waals surface area (Å²) in [6, 6.07) is 5.87. The SMILES string of the molecule is Cc1ccc(/C=C/C(=O)NC(C)CO)c(C)c1. The van der Waals surface area contributed by atoms with Crippen molar-refractivity contribution >= 4 is 12.0 Å². The van der Waals surface area contributed by atoms with Crippen LogP contribution in [-0.4, -0.2) is 23.7 Å². The van der Waals surface area contributed by atoms with Gasteiger partial charge in [0.05, 0.1) is 6.61 Å². The van der Waals surface area contributed by atoms with E-state index in [1.165, 1.54) is 11.6 Å². The van der Waals surface area contributed by atoms with E-state index in [1.54, 1.807) is 13.0 Å². The number of hydrogen-bond donors (Lipinski definition) is 2. The highest BCUT2D eigenvalue weighted by Crippen LogP contribution is 2.11. The molecular weight excluding hydrogens is 214 g/mol. The maximum atomic E-state index is 11.5. The second kappa shape index (κ2) is 6.21. The van der Waals surface area contributed by atoms with E-state index in [0.717, 1.165) is 11.1 Å². The topological polar surface area (TPSA) is 49.3 Å². The molecule has 92 valence electrons. The Kier molecular flexibility index (Phi) is 4.91. The summed E-state index contributed by atoms with van der Waals surface area (Å²) in [5.74, 6) is -0.188. The van der Waals surface area contributed by atoms with Crippen molar-refractivity contribution in [3.05, 3.63) is 41.0 Å². The zero-order valence-electron chi connectivity index (χ0n) is 10.5. The maximum Gasteiger partial charge on any atom is 0.244 e. The van der Waals surface area contributed by atoms with Crippen molar-refractivity contribution in [2.24, 2.45) is 0 Å². The predicted molar refractivity (Wildman–Crippen MR) is 69.6 cm³/mol. The highest BCUT2D eigenvalue weighted by molar-refractivity contribution is 5.92. The van der Waals surface area contributed by atoms with Crippen molar-refractivity contribution in [1.29, 1.82) is 0 Å².